The van der Waals surface area contributed by atoms with E-state index in [1.807, 2.05) is 16.7 Å². The molecule has 0 atom stereocenters. The van der Waals surface area contributed by atoms with Crippen LogP contribution >= 0.6 is 0 Å². The largest absolute Gasteiger partial charge is 0.356 e. The lowest BCUT2D eigenvalue weighted by Crippen LogP contribution is -2.56. The predicted octanol–water partition coefficient (Wildman–Crippen LogP) is 2.13. The van der Waals surface area contributed by atoms with E-state index in [9.17, 15) is 8.78 Å². The summed E-state index contributed by atoms with van der Waals surface area (Å²) in [6.45, 7) is -0.0841. The molecule has 0 bridgehead atoms. The van der Waals surface area contributed by atoms with Crippen LogP contribution in [-0.4, -0.2) is 28.4 Å². The van der Waals surface area contributed by atoms with Gasteiger partial charge in [0, 0.05) is 18.9 Å². The van der Waals surface area contributed by atoms with Crippen LogP contribution in [-0.2, 0) is 6.54 Å². The Bertz CT molecular complexity index is 667. The molecule has 3 heterocycles. The molecular weight excluding hydrogens is 262 g/mol. The first kappa shape index (κ1) is 12.1. The second-order valence-corrected chi connectivity index (χ2v) is 5.81. The van der Waals surface area contributed by atoms with Gasteiger partial charge >= 0.3 is 0 Å². The van der Waals surface area contributed by atoms with Gasteiger partial charge in [-0.2, -0.15) is 0 Å². The van der Waals surface area contributed by atoms with Gasteiger partial charge in [-0.05, 0) is 30.4 Å². The van der Waals surface area contributed by atoms with Crippen molar-refractivity contribution in [2.45, 2.75) is 31.2 Å². The van der Waals surface area contributed by atoms with E-state index in [2.05, 4.69) is 11.2 Å². The minimum Gasteiger partial charge on any atom is -0.356 e. The van der Waals surface area contributed by atoms with Gasteiger partial charge in [-0.1, -0.05) is 0 Å². The molecule has 2 aromatic heterocycles. The molecule has 20 heavy (non-hydrogen) atoms. The second-order valence-electron chi connectivity index (χ2n) is 5.81. The first-order chi connectivity index (χ1) is 9.55. The first-order valence-electron chi connectivity index (χ1n) is 6.90. The lowest BCUT2D eigenvalue weighted by Gasteiger charge is -2.40. The van der Waals surface area contributed by atoms with Gasteiger partial charge in [0.15, 0.2) is 5.65 Å². The Balaban J connectivity index is 1.81. The molecule has 2 N–H and O–H groups in total. The molecule has 1 aliphatic heterocycles. The van der Waals surface area contributed by atoms with E-state index in [0.717, 1.165) is 17.0 Å². The Morgan fingerprint density at radius 1 is 1.30 bits per heavy atom. The normalized spacial score (nSPS) is 21.2. The fourth-order valence-corrected chi connectivity index (χ4v) is 2.81. The molecule has 2 aromatic rings. The molecule has 6 heteroatoms. The average molecular weight is 278 g/mol. The third-order valence-electron chi connectivity index (χ3n) is 4.05. The zero-order valence-electron chi connectivity index (χ0n) is 11.0. The summed E-state index contributed by atoms with van der Waals surface area (Å²) in [5.41, 5.74) is 9.16. The summed E-state index contributed by atoms with van der Waals surface area (Å²) in [5.74, 6) is -2.00. The topological polar surface area (TPSA) is 46.6 Å². The highest BCUT2D eigenvalue weighted by Crippen LogP contribution is 2.43. The number of hydrogen-bond donors (Lipinski definition) is 1. The maximum absolute atomic E-state index is 13.1. The summed E-state index contributed by atoms with van der Waals surface area (Å²) in [4.78, 5) is 6.16. The van der Waals surface area contributed by atoms with Crippen molar-refractivity contribution in [1.29, 1.82) is 0 Å². The van der Waals surface area contributed by atoms with Crippen LogP contribution in [0.2, 0.25) is 0 Å². The van der Waals surface area contributed by atoms with Crippen molar-refractivity contribution in [3.05, 3.63) is 29.7 Å². The van der Waals surface area contributed by atoms with Crippen molar-refractivity contribution >= 4 is 11.3 Å². The highest BCUT2D eigenvalue weighted by atomic mass is 19.3. The Hall–Kier alpha value is -1.69. The minimum atomic E-state index is -2.57. The summed E-state index contributed by atoms with van der Waals surface area (Å²) >= 11 is 0. The van der Waals surface area contributed by atoms with E-state index in [0.29, 0.717) is 12.5 Å². The van der Waals surface area contributed by atoms with Gasteiger partial charge in [-0.25, -0.2) is 13.8 Å². The van der Waals surface area contributed by atoms with Crippen molar-refractivity contribution in [1.82, 2.24) is 9.38 Å². The van der Waals surface area contributed by atoms with Crippen LogP contribution in [0.1, 0.15) is 30.0 Å². The second kappa shape index (κ2) is 3.91. The lowest BCUT2D eigenvalue weighted by molar-refractivity contribution is -0.0261. The van der Waals surface area contributed by atoms with E-state index >= 15 is 0 Å². The standard InChI is InChI=1S/C14H16F2N4/c15-14(16)7-20(8-14)12-3-10(9-1-2-9)5-19-6-11(4-17)18-13(12)19/h3,5-6,9H,1-2,4,7-8,17H2. The SMILES string of the molecule is NCc1cn2cc(C3CC3)cc(N3CC(F)(F)C3)c2n1. The lowest BCUT2D eigenvalue weighted by atomic mass is 10.1. The molecule has 0 amide bonds. The first-order valence-corrected chi connectivity index (χ1v) is 6.90. The van der Waals surface area contributed by atoms with Gasteiger partial charge in [-0.15, -0.1) is 0 Å². The van der Waals surface area contributed by atoms with Gasteiger partial charge in [0.1, 0.15) is 0 Å². The number of fused-ring (bicyclic) bond motifs is 1. The molecule has 1 saturated heterocycles. The van der Waals surface area contributed by atoms with Crippen LogP contribution in [0.25, 0.3) is 5.65 Å². The molecule has 2 aliphatic rings. The Kier molecular flexibility index (Phi) is 2.36. The maximum atomic E-state index is 13.1. The van der Waals surface area contributed by atoms with E-state index in [1.165, 1.54) is 18.4 Å². The number of halogens is 2. The quantitative estimate of drug-likeness (QED) is 0.935. The van der Waals surface area contributed by atoms with Crippen molar-refractivity contribution in [3.8, 4) is 0 Å². The molecule has 4 rings (SSSR count). The smallest absolute Gasteiger partial charge is 0.282 e. The molecule has 4 nitrogen and oxygen atoms in total. The monoisotopic (exact) mass is 278 g/mol. The highest BCUT2D eigenvalue weighted by molar-refractivity contribution is 5.72. The Labute approximate surface area is 115 Å². The van der Waals surface area contributed by atoms with Crippen molar-refractivity contribution in [2.24, 2.45) is 5.73 Å². The van der Waals surface area contributed by atoms with Crippen LogP contribution in [0.3, 0.4) is 0 Å². The van der Waals surface area contributed by atoms with Gasteiger partial charge < -0.3 is 15.0 Å². The zero-order chi connectivity index (χ0) is 13.9. The number of rotatable bonds is 3. The number of aromatic nitrogens is 2. The molecular formula is C14H16F2N4. The molecule has 1 aliphatic carbocycles. The third kappa shape index (κ3) is 1.86. The van der Waals surface area contributed by atoms with Crippen LogP contribution in [0.5, 0.6) is 0 Å². The zero-order valence-corrected chi connectivity index (χ0v) is 11.0. The van der Waals surface area contributed by atoms with E-state index in [1.54, 1.807) is 4.90 Å². The molecule has 0 aromatic carbocycles. The van der Waals surface area contributed by atoms with Gasteiger partial charge in [0.2, 0.25) is 0 Å². The number of alkyl halides is 2. The predicted molar refractivity (Wildman–Crippen MR) is 72.2 cm³/mol. The molecule has 0 radical (unpaired) electrons. The number of imidazole rings is 1. The Morgan fingerprint density at radius 3 is 2.65 bits per heavy atom. The number of anilines is 1. The van der Waals surface area contributed by atoms with Gasteiger partial charge in [0.05, 0.1) is 24.5 Å². The van der Waals surface area contributed by atoms with E-state index in [-0.39, 0.29) is 13.1 Å². The fraction of sp³-hybridized carbons (Fsp3) is 0.500. The summed E-state index contributed by atoms with van der Waals surface area (Å²) < 4.78 is 28.2. The highest BCUT2D eigenvalue weighted by Gasteiger charge is 2.45. The molecule has 2 fully saturated rings. The summed E-state index contributed by atoms with van der Waals surface area (Å²) in [6.07, 6.45) is 6.31. The average Bonchev–Trinajstić information content (AvgIpc) is 3.14. The maximum Gasteiger partial charge on any atom is 0.282 e. The van der Waals surface area contributed by atoms with Crippen LogP contribution < -0.4 is 10.6 Å². The van der Waals surface area contributed by atoms with Gasteiger partial charge in [-0.3, -0.25) is 0 Å². The number of hydrogen-bond acceptors (Lipinski definition) is 3. The van der Waals surface area contributed by atoms with Crippen LogP contribution in [0, 0.1) is 0 Å². The van der Waals surface area contributed by atoms with E-state index < -0.39 is 5.92 Å². The summed E-state index contributed by atoms with van der Waals surface area (Å²) in [7, 11) is 0. The van der Waals surface area contributed by atoms with Crippen molar-refractivity contribution in [3.63, 3.8) is 0 Å². The summed E-state index contributed by atoms with van der Waals surface area (Å²) in [5, 5.41) is 0. The van der Waals surface area contributed by atoms with Gasteiger partial charge in [0.25, 0.3) is 5.92 Å². The number of pyridine rings is 1. The van der Waals surface area contributed by atoms with E-state index in [4.69, 9.17) is 5.73 Å². The third-order valence-corrected chi connectivity index (χ3v) is 4.05. The van der Waals surface area contributed by atoms with Crippen molar-refractivity contribution < 1.29 is 8.78 Å². The number of nitrogens with two attached hydrogens (primary N) is 1. The fourth-order valence-electron chi connectivity index (χ4n) is 2.81. The molecule has 106 valence electrons. The van der Waals surface area contributed by atoms with Crippen LogP contribution in [0.15, 0.2) is 18.5 Å². The molecule has 0 spiro atoms. The Morgan fingerprint density at radius 2 is 2.05 bits per heavy atom. The van der Waals surface area contributed by atoms with Crippen LogP contribution in [0.4, 0.5) is 14.5 Å². The minimum absolute atomic E-state index is 0.221. The van der Waals surface area contributed by atoms with Crippen molar-refractivity contribution in [2.75, 3.05) is 18.0 Å². The summed E-state index contributed by atoms with van der Waals surface area (Å²) in [6, 6.07) is 2.02. The molecule has 1 saturated carbocycles. The molecule has 0 unspecified atom stereocenters. The number of nitrogens with zero attached hydrogens (tertiary/aromatic N) is 3.